The van der Waals surface area contributed by atoms with E-state index in [1.807, 2.05) is 0 Å². The van der Waals surface area contributed by atoms with Gasteiger partial charge in [-0.1, -0.05) is 0 Å². The zero-order chi connectivity index (χ0) is 21.9. The molecule has 1 N–H and O–H groups in total. The van der Waals surface area contributed by atoms with Crippen molar-refractivity contribution in [1.82, 2.24) is 14.8 Å². The van der Waals surface area contributed by atoms with Crippen LogP contribution in [0, 0.1) is 15.9 Å². The summed E-state index contributed by atoms with van der Waals surface area (Å²) in [5.74, 6) is -2.27. The number of hydrogen-bond donors (Lipinski definition) is 1. The van der Waals surface area contributed by atoms with E-state index in [2.05, 4.69) is 15.4 Å². The number of nitrogens with one attached hydrogen (secondary N) is 1. The molecular formula is C17H11F4N5O4. The van der Waals surface area contributed by atoms with Gasteiger partial charge in [0.1, 0.15) is 18.5 Å². The summed E-state index contributed by atoms with van der Waals surface area (Å²) in [5, 5.41) is 17.0. The van der Waals surface area contributed by atoms with Crippen LogP contribution in [-0.4, -0.2) is 32.2 Å². The van der Waals surface area contributed by atoms with Gasteiger partial charge in [-0.15, -0.1) is 0 Å². The first-order chi connectivity index (χ1) is 14.1. The fourth-order valence-corrected chi connectivity index (χ4v) is 2.43. The van der Waals surface area contributed by atoms with Crippen LogP contribution in [-0.2, 0) is 11.0 Å². The van der Waals surface area contributed by atoms with Crippen LogP contribution >= 0.6 is 0 Å². The number of nitro groups is 1. The summed E-state index contributed by atoms with van der Waals surface area (Å²) >= 11 is 0. The summed E-state index contributed by atoms with van der Waals surface area (Å²) in [5.41, 5.74) is -1.77. The average Bonchev–Trinajstić information content (AvgIpc) is 3.20. The van der Waals surface area contributed by atoms with E-state index in [-0.39, 0.29) is 11.4 Å². The fourth-order valence-electron chi connectivity index (χ4n) is 2.43. The number of ether oxygens (including phenoxy) is 1. The van der Waals surface area contributed by atoms with Crippen LogP contribution in [0.3, 0.4) is 0 Å². The van der Waals surface area contributed by atoms with Gasteiger partial charge in [0.25, 0.3) is 5.91 Å². The molecule has 1 amide bonds. The van der Waals surface area contributed by atoms with E-state index in [0.717, 1.165) is 41.3 Å². The molecule has 0 aliphatic heterocycles. The minimum absolute atomic E-state index is 0.0885. The van der Waals surface area contributed by atoms with Gasteiger partial charge in [-0.2, -0.15) is 18.3 Å². The van der Waals surface area contributed by atoms with Crippen LogP contribution in [0.1, 0.15) is 5.56 Å². The van der Waals surface area contributed by atoms with Crippen LogP contribution in [0.4, 0.5) is 28.9 Å². The third kappa shape index (κ3) is 4.68. The first kappa shape index (κ1) is 20.7. The number of nitrogens with zero attached hydrogens (tertiary/aromatic N) is 4. The molecule has 0 bridgehead atoms. The van der Waals surface area contributed by atoms with Gasteiger partial charge in [0, 0.05) is 12.1 Å². The molecule has 0 unspecified atom stereocenters. The maximum absolute atomic E-state index is 13.3. The number of aromatic nitrogens is 3. The highest BCUT2D eigenvalue weighted by atomic mass is 19.4. The Bertz CT molecular complexity index is 1090. The lowest BCUT2D eigenvalue weighted by molar-refractivity contribution is -0.385. The number of rotatable bonds is 6. The molecule has 0 saturated heterocycles. The lowest BCUT2D eigenvalue weighted by atomic mass is 10.1. The smallest absolute Gasteiger partial charge is 0.416 e. The standard InChI is InChI=1S/C17H11F4N5O4/c18-11-2-4-14(26(28)29)15(6-11)30-7-16(27)24-12-5-10(17(19,20)21)1-3-13(12)25-9-22-8-23-25/h1-6,8-9H,7H2,(H,24,27). The highest BCUT2D eigenvalue weighted by molar-refractivity contribution is 5.94. The van der Waals surface area contributed by atoms with E-state index in [1.165, 1.54) is 6.33 Å². The summed E-state index contributed by atoms with van der Waals surface area (Å²) in [6.07, 6.45) is -2.31. The number of halogens is 4. The second-order valence-corrected chi connectivity index (χ2v) is 5.78. The Morgan fingerprint density at radius 2 is 2.00 bits per heavy atom. The van der Waals surface area contributed by atoms with E-state index in [9.17, 15) is 32.5 Å². The summed E-state index contributed by atoms with van der Waals surface area (Å²) in [6, 6.07) is 5.01. The van der Waals surface area contributed by atoms with Gasteiger partial charge < -0.3 is 10.1 Å². The van der Waals surface area contributed by atoms with Crippen LogP contribution in [0.15, 0.2) is 49.1 Å². The molecule has 0 radical (unpaired) electrons. The van der Waals surface area contributed by atoms with Crippen molar-refractivity contribution in [3.05, 3.63) is 70.5 Å². The largest absolute Gasteiger partial charge is 0.477 e. The summed E-state index contributed by atoms with van der Waals surface area (Å²) in [6.45, 7) is -0.822. The van der Waals surface area contributed by atoms with Gasteiger partial charge in [0.05, 0.1) is 21.9 Å². The molecule has 1 aromatic heterocycles. The topological polar surface area (TPSA) is 112 Å². The van der Waals surface area contributed by atoms with E-state index < -0.39 is 46.4 Å². The van der Waals surface area contributed by atoms with Gasteiger partial charge in [-0.25, -0.2) is 14.1 Å². The van der Waals surface area contributed by atoms with Gasteiger partial charge in [-0.05, 0) is 24.3 Å². The maximum atomic E-state index is 13.3. The Hall–Kier alpha value is -4.03. The molecule has 0 spiro atoms. The number of amides is 1. The molecule has 30 heavy (non-hydrogen) atoms. The minimum atomic E-state index is -4.67. The average molecular weight is 425 g/mol. The Morgan fingerprint density at radius 1 is 1.23 bits per heavy atom. The third-order valence-electron chi connectivity index (χ3n) is 3.74. The number of benzene rings is 2. The Labute approximate surface area is 165 Å². The van der Waals surface area contributed by atoms with Crippen LogP contribution in [0.5, 0.6) is 5.75 Å². The molecule has 0 fully saturated rings. The summed E-state index contributed by atoms with van der Waals surface area (Å²) in [7, 11) is 0. The van der Waals surface area contributed by atoms with E-state index in [4.69, 9.17) is 4.74 Å². The first-order valence-electron chi connectivity index (χ1n) is 8.08. The maximum Gasteiger partial charge on any atom is 0.416 e. The van der Waals surface area contributed by atoms with Crippen molar-refractivity contribution in [2.75, 3.05) is 11.9 Å². The van der Waals surface area contributed by atoms with Gasteiger partial charge >= 0.3 is 11.9 Å². The minimum Gasteiger partial charge on any atom is -0.477 e. The third-order valence-corrected chi connectivity index (χ3v) is 3.74. The second kappa shape index (κ2) is 8.14. The van der Waals surface area contributed by atoms with Crippen molar-refractivity contribution in [3.8, 4) is 11.4 Å². The molecule has 2 aromatic carbocycles. The van der Waals surface area contributed by atoms with Gasteiger partial charge in [0.2, 0.25) is 5.75 Å². The molecule has 3 rings (SSSR count). The molecule has 0 saturated carbocycles. The second-order valence-electron chi connectivity index (χ2n) is 5.78. The normalized spacial score (nSPS) is 11.2. The van der Waals surface area contributed by atoms with Crippen molar-refractivity contribution < 1.29 is 32.0 Å². The van der Waals surface area contributed by atoms with E-state index >= 15 is 0 Å². The van der Waals surface area contributed by atoms with Crippen LogP contribution < -0.4 is 10.1 Å². The van der Waals surface area contributed by atoms with Crippen molar-refractivity contribution >= 4 is 17.3 Å². The quantitative estimate of drug-likeness (QED) is 0.368. The number of carbonyl (C=O) groups excluding carboxylic acids is 1. The number of anilines is 1. The lowest BCUT2D eigenvalue weighted by Gasteiger charge is -2.14. The lowest BCUT2D eigenvalue weighted by Crippen LogP contribution is -2.22. The molecule has 13 heteroatoms. The molecule has 1 heterocycles. The molecule has 0 atom stereocenters. The molecular weight excluding hydrogens is 414 g/mol. The number of carbonyl (C=O) groups is 1. The SMILES string of the molecule is O=C(COc1cc(F)ccc1[N+](=O)[O-])Nc1cc(C(F)(F)F)ccc1-n1cncn1. The summed E-state index contributed by atoms with van der Waals surface area (Å²) < 4.78 is 58.6. The molecule has 0 aliphatic carbocycles. The molecule has 3 aromatic rings. The zero-order valence-electron chi connectivity index (χ0n) is 14.8. The van der Waals surface area contributed by atoms with Crippen molar-refractivity contribution in [1.29, 1.82) is 0 Å². The zero-order valence-corrected chi connectivity index (χ0v) is 14.8. The Kier molecular flexibility index (Phi) is 5.62. The molecule has 9 nitrogen and oxygen atoms in total. The fraction of sp³-hybridized carbons (Fsp3) is 0.118. The van der Waals surface area contributed by atoms with Crippen molar-refractivity contribution in [2.24, 2.45) is 0 Å². The number of hydrogen-bond acceptors (Lipinski definition) is 6. The van der Waals surface area contributed by atoms with Crippen molar-refractivity contribution in [3.63, 3.8) is 0 Å². The summed E-state index contributed by atoms with van der Waals surface area (Å²) in [4.78, 5) is 26.0. The van der Waals surface area contributed by atoms with Crippen molar-refractivity contribution in [2.45, 2.75) is 6.18 Å². The number of nitro benzene ring substituents is 1. The monoisotopic (exact) mass is 425 g/mol. The predicted molar refractivity (Wildman–Crippen MR) is 93.5 cm³/mol. The first-order valence-corrected chi connectivity index (χ1v) is 8.08. The van der Waals surface area contributed by atoms with Crippen LogP contribution in [0.2, 0.25) is 0 Å². The Balaban J connectivity index is 1.83. The number of alkyl halides is 3. The van der Waals surface area contributed by atoms with Crippen LogP contribution in [0.25, 0.3) is 5.69 Å². The highest BCUT2D eigenvalue weighted by Crippen LogP contribution is 2.33. The van der Waals surface area contributed by atoms with E-state index in [1.54, 1.807) is 0 Å². The van der Waals surface area contributed by atoms with Gasteiger partial charge in [-0.3, -0.25) is 14.9 Å². The molecule has 0 aliphatic rings. The predicted octanol–water partition coefficient (Wildman–Crippen LogP) is 3.35. The van der Waals surface area contributed by atoms with Gasteiger partial charge in [0.15, 0.2) is 6.61 Å². The molecule has 156 valence electrons. The highest BCUT2D eigenvalue weighted by Gasteiger charge is 2.31. The Morgan fingerprint density at radius 3 is 2.63 bits per heavy atom. The van der Waals surface area contributed by atoms with E-state index in [0.29, 0.717) is 6.07 Å².